The van der Waals surface area contributed by atoms with E-state index < -0.39 is 72.5 Å². The summed E-state index contributed by atoms with van der Waals surface area (Å²) < 4.78 is 119. The van der Waals surface area contributed by atoms with Crippen LogP contribution in [0.4, 0.5) is 0 Å². The molecule has 4 aromatic carbocycles. The second-order valence-corrected chi connectivity index (χ2v) is 6.61. The van der Waals surface area contributed by atoms with Gasteiger partial charge in [-0.15, -0.1) is 0 Å². The molecule has 2 heterocycles. The van der Waals surface area contributed by atoms with Crippen LogP contribution in [0, 0.1) is 0 Å². The molecule has 1 N–H and O–H groups in total. The number of aromatic amines is 1. The van der Waals surface area contributed by atoms with Crippen LogP contribution in [0.1, 0.15) is 19.2 Å². The molecule has 2 aromatic heterocycles. The van der Waals surface area contributed by atoms with E-state index in [1.807, 2.05) is 0 Å². The van der Waals surface area contributed by atoms with Crippen molar-refractivity contribution in [1.82, 2.24) is 9.55 Å². The Kier molecular flexibility index (Phi) is 1.39. The van der Waals surface area contributed by atoms with E-state index in [2.05, 4.69) is 20.9 Å². The van der Waals surface area contributed by atoms with Gasteiger partial charge in [-0.2, -0.15) is 0 Å². The summed E-state index contributed by atoms with van der Waals surface area (Å²) >= 11 is 3.33. The predicted octanol–water partition coefficient (Wildman–Crippen LogP) is 7.18. The number of nitrogens with one attached hydrogen (secondary N) is 1. The molecule has 0 bridgehead atoms. The smallest absolute Gasteiger partial charge is 0.0668 e. The number of para-hydroxylation sites is 3. The van der Waals surface area contributed by atoms with E-state index in [1.165, 1.54) is 0 Å². The number of rotatable bonds is 1. The SMILES string of the molecule is [2H]c1c([2H])c([2H])c2c([nH]c3c([2H])c(-n4c5c([2H])c([2H])c([2H])c([2H])c5c5c([2H])c([2H])c([2H])c([2H])c54)c(Br)c([2H])c32)c1[2H]. The zero-order valence-electron chi connectivity index (χ0n) is 27.3. The fraction of sp³-hybridized carbons (Fsp3) is 0. The summed E-state index contributed by atoms with van der Waals surface area (Å²) in [6.45, 7) is 0. The summed E-state index contributed by atoms with van der Waals surface area (Å²) in [5.41, 5.74) is -0.744. The van der Waals surface area contributed by atoms with Gasteiger partial charge in [-0.05, 0) is 46.1 Å². The molecule has 27 heavy (non-hydrogen) atoms. The van der Waals surface area contributed by atoms with Crippen molar-refractivity contribution in [2.24, 2.45) is 0 Å². The highest BCUT2D eigenvalue weighted by molar-refractivity contribution is 9.10. The van der Waals surface area contributed by atoms with E-state index in [0.29, 0.717) is 0 Å². The molecular weight excluding hydrogens is 396 g/mol. The van der Waals surface area contributed by atoms with Crippen LogP contribution in [0.25, 0.3) is 49.3 Å². The summed E-state index contributed by atoms with van der Waals surface area (Å²) in [4.78, 5) is 2.83. The quantitative estimate of drug-likeness (QED) is 0.288. The average Bonchev–Trinajstić information content (AvgIpc) is 3.52. The Hall–Kier alpha value is -3.04. The lowest BCUT2D eigenvalue weighted by Gasteiger charge is -2.10. The maximum Gasteiger partial charge on any atom is 0.0668 e. The van der Waals surface area contributed by atoms with E-state index in [-0.39, 0.29) is 65.9 Å². The van der Waals surface area contributed by atoms with Crippen molar-refractivity contribution in [3.8, 4) is 5.69 Å². The zero-order valence-corrected chi connectivity index (χ0v) is 14.9. The van der Waals surface area contributed by atoms with Gasteiger partial charge in [0.15, 0.2) is 0 Å². The molecule has 0 unspecified atom stereocenters. The fourth-order valence-electron chi connectivity index (χ4n) is 3.27. The molecule has 3 heteroatoms. The van der Waals surface area contributed by atoms with Crippen molar-refractivity contribution in [3.63, 3.8) is 0 Å². The van der Waals surface area contributed by atoms with Crippen LogP contribution >= 0.6 is 15.9 Å². The van der Waals surface area contributed by atoms with E-state index in [4.69, 9.17) is 19.2 Å². The van der Waals surface area contributed by atoms with Crippen LogP contribution in [-0.2, 0) is 0 Å². The third-order valence-electron chi connectivity index (χ3n) is 4.38. The Labute approximate surface area is 183 Å². The maximum absolute atomic E-state index is 9.16. The molecule has 0 fully saturated rings. The molecular formula is C24H15BrN2. The lowest BCUT2D eigenvalue weighted by molar-refractivity contribution is 1.17. The van der Waals surface area contributed by atoms with Crippen LogP contribution in [0.5, 0.6) is 0 Å². The van der Waals surface area contributed by atoms with E-state index in [9.17, 15) is 0 Å². The van der Waals surface area contributed by atoms with Gasteiger partial charge in [0.25, 0.3) is 0 Å². The van der Waals surface area contributed by atoms with Crippen LogP contribution in [0.2, 0.25) is 0 Å². The molecule has 6 rings (SSSR count). The van der Waals surface area contributed by atoms with Gasteiger partial charge in [0.2, 0.25) is 0 Å². The first-order valence-corrected chi connectivity index (χ1v) is 8.65. The van der Waals surface area contributed by atoms with Gasteiger partial charge in [-0.1, -0.05) is 54.4 Å². The van der Waals surface area contributed by atoms with E-state index >= 15 is 0 Å². The second-order valence-electron chi connectivity index (χ2n) is 5.82. The first kappa shape index (κ1) is 6.84. The van der Waals surface area contributed by atoms with Gasteiger partial charge < -0.3 is 9.55 Å². The molecule has 0 atom stereocenters. The Bertz CT molecular complexity index is 2140. The molecule has 0 spiro atoms. The predicted molar refractivity (Wildman–Crippen MR) is 118 cm³/mol. The average molecular weight is 425 g/mol. The van der Waals surface area contributed by atoms with Gasteiger partial charge in [0.05, 0.1) is 35.9 Å². The highest BCUT2D eigenvalue weighted by atomic mass is 79.9. The number of hydrogen-bond donors (Lipinski definition) is 1. The lowest BCUT2D eigenvalue weighted by Crippen LogP contribution is -1.95. The minimum absolute atomic E-state index is 0.0113. The largest absolute Gasteiger partial charge is 0.354 e. The van der Waals surface area contributed by atoms with Gasteiger partial charge in [0.1, 0.15) is 0 Å². The number of H-pyrrole nitrogens is 1. The monoisotopic (exact) mass is 424 g/mol. The number of hydrogen-bond acceptors (Lipinski definition) is 0. The molecule has 0 radical (unpaired) electrons. The topological polar surface area (TPSA) is 20.7 Å². The fourth-order valence-corrected chi connectivity index (χ4v) is 3.74. The molecule has 0 aliphatic carbocycles. The third-order valence-corrected chi connectivity index (χ3v) is 4.95. The Morgan fingerprint density at radius 1 is 0.667 bits per heavy atom. The Morgan fingerprint density at radius 3 is 1.96 bits per heavy atom. The van der Waals surface area contributed by atoms with Crippen LogP contribution in [0.3, 0.4) is 0 Å². The van der Waals surface area contributed by atoms with Crippen LogP contribution < -0.4 is 0 Å². The molecule has 128 valence electrons. The lowest BCUT2D eigenvalue weighted by atomic mass is 10.1. The molecule has 0 saturated heterocycles. The van der Waals surface area contributed by atoms with Crippen molar-refractivity contribution in [2.75, 3.05) is 0 Å². The van der Waals surface area contributed by atoms with E-state index in [1.54, 1.807) is 0 Å². The van der Waals surface area contributed by atoms with Crippen molar-refractivity contribution >= 4 is 59.5 Å². The first-order chi connectivity index (χ1) is 19.1. The highest BCUT2D eigenvalue weighted by Crippen LogP contribution is 2.37. The van der Waals surface area contributed by atoms with Gasteiger partial charge in [-0.25, -0.2) is 0 Å². The molecule has 6 aromatic rings. The Balaban J connectivity index is 1.96. The van der Waals surface area contributed by atoms with Gasteiger partial charge in [0, 0.05) is 37.1 Å². The minimum atomic E-state index is -0.633. The maximum atomic E-state index is 9.16. The summed E-state index contributed by atoms with van der Waals surface area (Å²) in [5, 5.41) is -0.376. The number of halogens is 1. The number of fused-ring (bicyclic) bond motifs is 6. The van der Waals surface area contributed by atoms with Crippen molar-refractivity contribution in [3.05, 3.63) is 89.1 Å². The van der Waals surface area contributed by atoms with E-state index in [0.717, 1.165) is 4.57 Å². The Morgan fingerprint density at radius 2 is 1.26 bits per heavy atom. The van der Waals surface area contributed by atoms with Crippen LogP contribution in [-0.4, -0.2) is 9.55 Å². The summed E-state index contributed by atoms with van der Waals surface area (Å²) in [6, 6.07) is -7.27. The summed E-state index contributed by atoms with van der Waals surface area (Å²) in [5.74, 6) is 0. The molecule has 0 aliphatic rings. The van der Waals surface area contributed by atoms with Crippen LogP contribution in [0.15, 0.2) is 89.1 Å². The van der Waals surface area contributed by atoms with Crippen molar-refractivity contribution in [1.29, 1.82) is 0 Å². The minimum Gasteiger partial charge on any atom is -0.354 e. The normalized spacial score (nSPS) is 19.1. The number of nitrogens with zero attached hydrogens (tertiary/aromatic N) is 1. The molecule has 0 amide bonds. The summed E-state index contributed by atoms with van der Waals surface area (Å²) in [6.07, 6.45) is 0. The second kappa shape index (κ2) is 5.48. The number of aromatic nitrogens is 2. The molecule has 0 aliphatic heterocycles. The highest BCUT2D eigenvalue weighted by Gasteiger charge is 2.15. The van der Waals surface area contributed by atoms with Crippen molar-refractivity contribution in [2.45, 2.75) is 0 Å². The molecule has 2 nitrogen and oxygen atoms in total. The third kappa shape index (κ3) is 2.06. The first-order valence-electron chi connectivity index (χ1n) is 14.9. The zero-order chi connectivity index (χ0) is 30.1. The molecule has 0 saturated carbocycles. The summed E-state index contributed by atoms with van der Waals surface area (Å²) in [7, 11) is 0. The van der Waals surface area contributed by atoms with Gasteiger partial charge >= 0.3 is 0 Å². The van der Waals surface area contributed by atoms with Crippen molar-refractivity contribution < 1.29 is 19.2 Å². The van der Waals surface area contributed by atoms with Gasteiger partial charge in [-0.3, -0.25) is 0 Å². The number of benzene rings is 4. The standard InChI is InChI=1S/C24H15BrN2/c25-19-13-18-15-7-1-4-10-20(15)26-21(18)14-24(19)27-22-11-5-2-8-16(22)17-9-3-6-12-23(17)27/h1-14,26H/i1D,2D,3D,4D,5D,6D,7D,8D,9D,10D,11D,12D,13D,14D.